The van der Waals surface area contributed by atoms with Gasteiger partial charge in [-0.25, -0.2) is 23.4 Å². The van der Waals surface area contributed by atoms with Gasteiger partial charge in [0.25, 0.3) is 5.56 Å². The van der Waals surface area contributed by atoms with E-state index >= 15 is 0 Å². The smallest absolute Gasteiger partial charge is 0.337 e. The van der Waals surface area contributed by atoms with Gasteiger partial charge in [0.05, 0.1) is 19.2 Å². The number of hydrogen-bond donors (Lipinski definition) is 2. The van der Waals surface area contributed by atoms with E-state index in [0.717, 1.165) is 12.1 Å². The van der Waals surface area contributed by atoms with Crippen LogP contribution in [0.1, 0.15) is 16.7 Å². The molecule has 0 aliphatic carbocycles. The number of nitrogens with one attached hydrogen (secondary N) is 1. The number of methoxy groups -OCH3 is 1. The molecule has 2 aromatic heterocycles. The van der Waals surface area contributed by atoms with Crippen molar-refractivity contribution in [1.82, 2.24) is 14.5 Å². The lowest BCUT2D eigenvalue weighted by Gasteiger charge is -2.17. The number of carbonyl (C=O) groups excluding carboxylic acids is 1. The molecule has 0 atom stereocenters. The summed E-state index contributed by atoms with van der Waals surface area (Å²) in [5.41, 5.74) is -1.30. The lowest BCUT2D eigenvalue weighted by Crippen LogP contribution is -2.38. The summed E-state index contributed by atoms with van der Waals surface area (Å²) in [6, 6.07) is 4.82. The number of fused-ring (bicyclic) bond motifs is 1. The first-order valence-corrected chi connectivity index (χ1v) is 9.80. The molecule has 1 aliphatic rings. The molecule has 4 rings (SSSR count). The molecule has 0 spiro atoms. The van der Waals surface area contributed by atoms with Gasteiger partial charge in [-0.1, -0.05) is 0 Å². The SMILES string of the molecule is COc1cc(COC(=O)C2=Cc3c([nH]c(=O)n(Cc4cc(F)c(O)c(F)c4)c3=O)OC2)ccn1. The monoisotopic (exact) mass is 473 g/mol. The third kappa shape index (κ3) is 4.51. The molecule has 0 unspecified atom stereocenters. The van der Waals surface area contributed by atoms with Gasteiger partial charge in [0.1, 0.15) is 18.8 Å². The minimum Gasteiger partial charge on any atom is -0.503 e. The van der Waals surface area contributed by atoms with Crippen LogP contribution >= 0.6 is 0 Å². The highest BCUT2D eigenvalue weighted by Crippen LogP contribution is 2.23. The zero-order valence-corrected chi connectivity index (χ0v) is 17.6. The van der Waals surface area contributed by atoms with E-state index in [9.17, 15) is 28.3 Å². The van der Waals surface area contributed by atoms with Gasteiger partial charge < -0.3 is 19.3 Å². The summed E-state index contributed by atoms with van der Waals surface area (Å²) in [4.78, 5) is 44.1. The Hall–Kier alpha value is -4.48. The fraction of sp³-hybridized carbons (Fsp3) is 0.182. The quantitative estimate of drug-likeness (QED) is 0.515. The van der Waals surface area contributed by atoms with E-state index in [1.54, 1.807) is 12.1 Å². The second-order valence-electron chi connectivity index (χ2n) is 7.21. The van der Waals surface area contributed by atoms with E-state index in [-0.39, 0.29) is 35.8 Å². The Morgan fingerprint density at radius 1 is 1.24 bits per heavy atom. The average molecular weight is 473 g/mol. The maximum absolute atomic E-state index is 13.6. The minimum atomic E-state index is -1.24. The third-order valence-corrected chi connectivity index (χ3v) is 4.93. The summed E-state index contributed by atoms with van der Waals surface area (Å²) >= 11 is 0. The molecular formula is C22H17F2N3O7. The molecule has 176 valence electrons. The van der Waals surface area contributed by atoms with Crippen molar-refractivity contribution in [2.75, 3.05) is 13.7 Å². The van der Waals surface area contributed by atoms with Crippen molar-refractivity contribution >= 4 is 12.0 Å². The molecule has 1 aromatic carbocycles. The van der Waals surface area contributed by atoms with E-state index in [4.69, 9.17) is 14.2 Å². The predicted molar refractivity (Wildman–Crippen MR) is 113 cm³/mol. The molecule has 0 saturated carbocycles. The number of rotatable bonds is 6. The van der Waals surface area contributed by atoms with Crippen molar-refractivity contribution < 1.29 is 32.9 Å². The topological polar surface area (TPSA) is 133 Å². The van der Waals surface area contributed by atoms with E-state index in [2.05, 4.69) is 9.97 Å². The number of carbonyl (C=O) groups is 1. The number of phenolic OH excluding ortho intramolecular Hbond substituents is 1. The number of esters is 1. The number of aromatic amines is 1. The van der Waals surface area contributed by atoms with Crippen molar-refractivity contribution in [3.63, 3.8) is 0 Å². The minimum absolute atomic E-state index is 0.0194. The zero-order chi connectivity index (χ0) is 24.4. The van der Waals surface area contributed by atoms with Crippen molar-refractivity contribution in [1.29, 1.82) is 0 Å². The van der Waals surface area contributed by atoms with Gasteiger partial charge in [-0.2, -0.15) is 0 Å². The van der Waals surface area contributed by atoms with Crippen LogP contribution in [-0.2, 0) is 22.7 Å². The molecule has 3 heterocycles. The number of nitrogens with zero attached hydrogens (tertiary/aromatic N) is 2. The van der Waals surface area contributed by atoms with Crippen LogP contribution in [-0.4, -0.2) is 39.3 Å². The van der Waals surface area contributed by atoms with Crippen molar-refractivity contribution in [2.45, 2.75) is 13.2 Å². The number of aromatic nitrogens is 3. The Labute approximate surface area is 189 Å². The first-order valence-electron chi connectivity index (χ1n) is 9.80. The Bertz CT molecular complexity index is 1410. The van der Waals surface area contributed by atoms with Crippen LogP contribution in [0.2, 0.25) is 0 Å². The molecule has 0 radical (unpaired) electrons. The number of benzene rings is 1. The van der Waals surface area contributed by atoms with Crippen LogP contribution < -0.4 is 20.7 Å². The molecule has 3 aromatic rings. The van der Waals surface area contributed by atoms with Gasteiger partial charge in [-0.3, -0.25) is 14.3 Å². The Kier molecular flexibility index (Phi) is 6.13. The third-order valence-electron chi connectivity index (χ3n) is 4.93. The number of ether oxygens (including phenoxy) is 3. The van der Waals surface area contributed by atoms with E-state index in [1.807, 2.05) is 0 Å². The van der Waals surface area contributed by atoms with Crippen LogP contribution in [0.25, 0.3) is 6.08 Å². The summed E-state index contributed by atoms with van der Waals surface area (Å²) in [6.07, 6.45) is 2.72. The van der Waals surface area contributed by atoms with Crippen molar-refractivity contribution in [2.24, 2.45) is 0 Å². The summed E-state index contributed by atoms with van der Waals surface area (Å²) in [5, 5.41) is 9.22. The largest absolute Gasteiger partial charge is 0.503 e. The second-order valence-corrected chi connectivity index (χ2v) is 7.21. The maximum atomic E-state index is 13.6. The average Bonchev–Trinajstić information content (AvgIpc) is 2.83. The molecule has 2 N–H and O–H groups in total. The van der Waals surface area contributed by atoms with Crippen LogP contribution in [0.4, 0.5) is 8.78 Å². The molecular weight excluding hydrogens is 456 g/mol. The van der Waals surface area contributed by atoms with Gasteiger partial charge in [0.2, 0.25) is 11.8 Å². The van der Waals surface area contributed by atoms with Crippen LogP contribution in [0.15, 0.2) is 45.6 Å². The number of phenols is 1. The molecule has 0 saturated heterocycles. The lowest BCUT2D eigenvalue weighted by atomic mass is 10.1. The van der Waals surface area contributed by atoms with Gasteiger partial charge in [0, 0.05) is 12.3 Å². The van der Waals surface area contributed by atoms with Crippen LogP contribution in [0, 0.1) is 11.6 Å². The van der Waals surface area contributed by atoms with E-state index in [0.29, 0.717) is 16.0 Å². The maximum Gasteiger partial charge on any atom is 0.337 e. The van der Waals surface area contributed by atoms with Crippen molar-refractivity contribution in [3.05, 3.63) is 85.2 Å². The second kappa shape index (κ2) is 9.17. The molecule has 0 amide bonds. The number of pyridine rings is 1. The highest BCUT2D eigenvalue weighted by atomic mass is 19.1. The van der Waals surface area contributed by atoms with Gasteiger partial charge in [0.15, 0.2) is 17.4 Å². The highest BCUT2D eigenvalue weighted by molar-refractivity contribution is 5.95. The number of H-pyrrole nitrogens is 1. The van der Waals surface area contributed by atoms with Gasteiger partial charge >= 0.3 is 11.7 Å². The Morgan fingerprint density at radius 3 is 2.68 bits per heavy atom. The normalized spacial score (nSPS) is 12.4. The molecule has 0 fully saturated rings. The Balaban J connectivity index is 1.59. The first-order chi connectivity index (χ1) is 16.3. The fourth-order valence-corrected chi connectivity index (χ4v) is 3.22. The highest BCUT2D eigenvalue weighted by Gasteiger charge is 2.24. The molecule has 12 heteroatoms. The summed E-state index contributed by atoms with van der Waals surface area (Å²) in [7, 11) is 1.45. The lowest BCUT2D eigenvalue weighted by molar-refractivity contribution is -0.140. The molecule has 34 heavy (non-hydrogen) atoms. The first kappa shape index (κ1) is 22.7. The fourth-order valence-electron chi connectivity index (χ4n) is 3.22. The summed E-state index contributed by atoms with van der Waals surface area (Å²) in [5.74, 6) is -4.19. The van der Waals surface area contributed by atoms with E-state index < -0.39 is 41.1 Å². The summed E-state index contributed by atoms with van der Waals surface area (Å²) in [6.45, 7) is -0.831. The number of aromatic hydroxyl groups is 1. The van der Waals surface area contributed by atoms with E-state index in [1.165, 1.54) is 19.4 Å². The molecule has 1 aliphatic heterocycles. The zero-order valence-electron chi connectivity index (χ0n) is 17.6. The predicted octanol–water partition coefficient (Wildman–Crippen LogP) is 1.49. The van der Waals surface area contributed by atoms with Crippen LogP contribution in [0.3, 0.4) is 0 Å². The Morgan fingerprint density at radius 2 is 1.97 bits per heavy atom. The molecule has 10 nitrogen and oxygen atoms in total. The number of halogens is 2. The standard InChI is InChI=1S/C22H17F2N3O7/c1-32-17-6-11(2-3-25-17)9-34-21(30)13-7-14-19(33-10-13)26-22(31)27(20(14)29)8-12-4-15(23)18(28)16(24)5-12/h2-7,28H,8-10H2,1H3,(H,26,31). The van der Waals surface area contributed by atoms with Gasteiger partial charge in [-0.05, 0) is 35.4 Å². The molecule has 0 bridgehead atoms. The number of hydrogen-bond acceptors (Lipinski definition) is 8. The summed E-state index contributed by atoms with van der Waals surface area (Å²) < 4.78 is 43.6. The van der Waals surface area contributed by atoms with Gasteiger partial charge in [-0.15, -0.1) is 0 Å². The van der Waals surface area contributed by atoms with Crippen LogP contribution in [0.5, 0.6) is 17.5 Å². The van der Waals surface area contributed by atoms with Crippen molar-refractivity contribution in [3.8, 4) is 17.5 Å².